The van der Waals surface area contributed by atoms with Crippen LogP contribution in [0.1, 0.15) is 23.1 Å². The number of methoxy groups -OCH3 is 1. The fourth-order valence-corrected chi connectivity index (χ4v) is 2.67. The van der Waals surface area contributed by atoms with Gasteiger partial charge in [0.15, 0.2) is 11.8 Å². The molecule has 0 saturated heterocycles. The first-order valence-electron chi connectivity index (χ1n) is 7.74. The van der Waals surface area contributed by atoms with Crippen molar-refractivity contribution >= 4 is 11.9 Å². The SMILES string of the molecule is COC(=O)c1cc2n(n1)CCN(C(=O)C(C)Oc1ccccc1)C2. The van der Waals surface area contributed by atoms with Crippen molar-refractivity contribution in [3.8, 4) is 5.75 Å². The number of hydrogen-bond acceptors (Lipinski definition) is 5. The second-order valence-corrected chi connectivity index (χ2v) is 5.57. The third-order valence-electron chi connectivity index (χ3n) is 3.91. The lowest BCUT2D eigenvalue weighted by Gasteiger charge is -2.29. The molecule has 7 heteroatoms. The molecule has 7 nitrogen and oxygen atoms in total. The molecular formula is C17H19N3O4. The number of carbonyl (C=O) groups excluding carboxylic acids is 2. The molecule has 2 aromatic rings. The van der Waals surface area contributed by atoms with Crippen LogP contribution in [0.5, 0.6) is 5.75 Å². The number of nitrogens with zero attached hydrogens (tertiary/aromatic N) is 3. The van der Waals surface area contributed by atoms with Gasteiger partial charge in [0.25, 0.3) is 5.91 Å². The van der Waals surface area contributed by atoms with E-state index < -0.39 is 12.1 Å². The zero-order chi connectivity index (χ0) is 17.1. The van der Waals surface area contributed by atoms with Gasteiger partial charge in [0, 0.05) is 6.54 Å². The average molecular weight is 329 g/mol. The highest BCUT2D eigenvalue weighted by Gasteiger charge is 2.27. The summed E-state index contributed by atoms with van der Waals surface area (Å²) in [7, 11) is 1.32. The van der Waals surface area contributed by atoms with E-state index in [-0.39, 0.29) is 11.6 Å². The minimum Gasteiger partial charge on any atom is -0.481 e. The molecule has 24 heavy (non-hydrogen) atoms. The number of aromatic nitrogens is 2. The normalized spacial score (nSPS) is 14.7. The van der Waals surface area contributed by atoms with Crippen LogP contribution < -0.4 is 4.74 Å². The Morgan fingerprint density at radius 3 is 2.67 bits per heavy atom. The number of hydrogen-bond donors (Lipinski definition) is 0. The Labute approximate surface area is 139 Å². The lowest BCUT2D eigenvalue weighted by atomic mass is 10.2. The van der Waals surface area contributed by atoms with Crippen molar-refractivity contribution in [1.82, 2.24) is 14.7 Å². The van der Waals surface area contributed by atoms with Gasteiger partial charge in [0.1, 0.15) is 5.75 Å². The van der Waals surface area contributed by atoms with E-state index in [1.165, 1.54) is 7.11 Å². The van der Waals surface area contributed by atoms with E-state index >= 15 is 0 Å². The second-order valence-electron chi connectivity index (χ2n) is 5.57. The largest absolute Gasteiger partial charge is 0.481 e. The van der Waals surface area contributed by atoms with Gasteiger partial charge in [0.2, 0.25) is 0 Å². The number of para-hydroxylation sites is 1. The molecule has 0 bridgehead atoms. The maximum Gasteiger partial charge on any atom is 0.358 e. The molecule has 1 unspecified atom stereocenters. The molecule has 126 valence electrons. The van der Waals surface area contributed by atoms with Crippen molar-refractivity contribution in [2.24, 2.45) is 0 Å². The molecule has 0 spiro atoms. The highest BCUT2D eigenvalue weighted by Crippen LogP contribution is 2.17. The summed E-state index contributed by atoms with van der Waals surface area (Å²) in [4.78, 5) is 25.9. The Morgan fingerprint density at radius 2 is 1.96 bits per heavy atom. The summed E-state index contributed by atoms with van der Waals surface area (Å²) >= 11 is 0. The fourth-order valence-electron chi connectivity index (χ4n) is 2.67. The zero-order valence-electron chi connectivity index (χ0n) is 13.6. The predicted octanol–water partition coefficient (Wildman–Crippen LogP) is 1.48. The summed E-state index contributed by atoms with van der Waals surface area (Å²) in [5, 5.41) is 4.20. The third-order valence-corrected chi connectivity index (χ3v) is 3.91. The van der Waals surface area contributed by atoms with E-state index in [0.29, 0.717) is 25.4 Å². The van der Waals surface area contributed by atoms with Gasteiger partial charge in [-0.2, -0.15) is 5.10 Å². The Kier molecular flexibility index (Phi) is 4.50. The van der Waals surface area contributed by atoms with Crippen molar-refractivity contribution in [3.05, 3.63) is 47.8 Å². The first-order chi connectivity index (χ1) is 11.6. The summed E-state index contributed by atoms with van der Waals surface area (Å²) in [6, 6.07) is 10.9. The molecule has 1 aromatic heterocycles. The number of esters is 1. The van der Waals surface area contributed by atoms with Crippen LogP contribution in [0.15, 0.2) is 36.4 Å². The molecule has 1 atom stereocenters. The van der Waals surface area contributed by atoms with Crippen molar-refractivity contribution in [1.29, 1.82) is 0 Å². The highest BCUT2D eigenvalue weighted by molar-refractivity contribution is 5.87. The molecular weight excluding hydrogens is 310 g/mol. The van der Waals surface area contributed by atoms with Crippen LogP contribution >= 0.6 is 0 Å². The molecule has 0 aliphatic carbocycles. The number of carbonyl (C=O) groups is 2. The van der Waals surface area contributed by atoms with Crippen LogP contribution in [0.4, 0.5) is 0 Å². The Hall–Kier alpha value is -2.83. The summed E-state index contributed by atoms with van der Waals surface area (Å²) in [6.45, 7) is 3.19. The zero-order valence-corrected chi connectivity index (χ0v) is 13.6. The molecule has 1 aromatic carbocycles. The predicted molar refractivity (Wildman–Crippen MR) is 85.5 cm³/mol. The van der Waals surface area contributed by atoms with E-state index in [4.69, 9.17) is 4.74 Å². The lowest BCUT2D eigenvalue weighted by Crippen LogP contribution is -2.44. The molecule has 2 heterocycles. The van der Waals surface area contributed by atoms with Gasteiger partial charge in [-0.05, 0) is 25.1 Å². The van der Waals surface area contributed by atoms with Gasteiger partial charge in [-0.25, -0.2) is 4.79 Å². The number of fused-ring (bicyclic) bond motifs is 1. The molecule has 0 N–H and O–H groups in total. The van der Waals surface area contributed by atoms with E-state index in [1.54, 1.807) is 22.6 Å². The minimum atomic E-state index is -0.582. The second kappa shape index (κ2) is 6.74. The van der Waals surface area contributed by atoms with Crippen molar-refractivity contribution in [2.45, 2.75) is 26.1 Å². The Bertz CT molecular complexity index is 742. The molecule has 3 rings (SSSR count). The molecule has 1 aliphatic heterocycles. The molecule has 1 aliphatic rings. The Balaban J connectivity index is 1.67. The van der Waals surface area contributed by atoms with Gasteiger partial charge in [-0.15, -0.1) is 0 Å². The van der Waals surface area contributed by atoms with Gasteiger partial charge in [-0.1, -0.05) is 18.2 Å². The van der Waals surface area contributed by atoms with Crippen molar-refractivity contribution in [2.75, 3.05) is 13.7 Å². The summed E-state index contributed by atoms with van der Waals surface area (Å²) in [5.41, 5.74) is 1.07. The molecule has 0 fully saturated rings. The standard InChI is InChI=1S/C17H19N3O4/c1-12(24-14-6-4-3-5-7-14)16(21)19-8-9-20-13(11-19)10-15(18-20)17(22)23-2/h3-7,10,12H,8-9,11H2,1-2H3. The topological polar surface area (TPSA) is 73.7 Å². The monoisotopic (exact) mass is 329 g/mol. The molecule has 0 radical (unpaired) electrons. The van der Waals surface area contributed by atoms with Gasteiger partial charge in [0.05, 0.1) is 25.9 Å². The van der Waals surface area contributed by atoms with Crippen molar-refractivity contribution < 1.29 is 19.1 Å². The summed E-state index contributed by atoms with van der Waals surface area (Å²) in [6.07, 6.45) is -0.582. The quantitative estimate of drug-likeness (QED) is 0.795. The fraction of sp³-hybridized carbons (Fsp3) is 0.353. The van der Waals surface area contributed by atoms with Gasteiger partial charge < -0.3 is 14.4 Å². The van der Waals surface area contributed by atoms with Gasteiger partial charge >= 0.3 is 5.97 Å². The molecule has 0 saturated carbocycles. The van der Waals surface area contributed by atoms with Crippen LogP contribution in [0.2, 0.25) is 0 Å². The van der Waals surface area contributed by atoms with Crippen molar-refractivity contribution in [3.63, 3.8) is 0 Å². The van der Waals surface area contributed by atoms with Crippen LogP contribution in [0.3, 0.4) is 0 Å². The van der Waals surface area contributed by atoms with Crippen LogP contribution in [-0.4, -0.2) is 46.3 Å². The number of amides is 1. The van der Waals surface area contributed by atoms with E-state index in [2.05, 4.69) is 9.84 Å². The number of rotatable bonds is 4. The Morgan fingerprint density at radius 1 is 1.21 bits per heavy atom. The maximum absolute atomic E-state index is 12.6. The van der Waals surface area contributed by atoms with Crippen LogP contribution in [0.25, 0.3) is 0 Å². The van der Waals surface area contributed by atoms with Gasteiger partial charge in [-0.3, -0.25) is 9.48 Å². The lowest BCUT2D eigenvalue weighted by molar-refractivity contribution is -0.139. The average Bonchev–Trinajstić information content (AvgIpc) is 3.04. The number of ether oxygens (including phenoxy) is 2. The van der Waals surface area contributed by atoms with E-state index in [0.717, 1.165) is 5.69 Å². The molecule has 1 amide bonds. The summed E-state index contributed by atoms with van der Waals surface area (Å²) in [5.74, 6) is 0.0925. The smallest absolute Gasteiger partial charge is 0.358 e. The highest BCUT2D eigenvalue weighted by atomic mass is 16.5. The van der Waals surface area contributed by atoms with E-state index in [1.807, 2.05) is 30.3 Å². The van der Waals surface area contributed by atoms with Crippen LogP contribution in [-0.2, 0) is 22.6 Å². The third kappa shape index (κ3) is 3.24. The van der Waals surface area contributed by atoms with E-state index in [9.17, 15) is 9.59 Å². The first kappa shape index (κ1) is 16.0. The maximum atomic E-state index is 12.6. The number of benzene rings is 1. The summed E-state index contributed by atoms with van der Waals surface area (Å²) < 4.78 is 12.1. The first-order valence-corrected chi connectivity index (χ1v) is 7.74. The van der Waals surface area contributed by atoms with Crippen LogP contribution in [0, 0.1) is 0 Å². The minimum absolute atomic E-state index is 0.0917.